The predicted molar refractivity (Wildman–Crippen MR) is 79.1 cm³/mol. The highest BCUT2D eigenvalue weighted by molar-refractivity contribution is 7.85. The van der Waals surface area contributed by atoms with Crippen LogP contribution >= 0.6 is 0 Å². The Morgan fingerprint density at radius 2 is 2.00 bits per heavy atom. The van der Waals surface area contributed by atoms with E-state index in [9.17, 15) is 9.00 Å². The molecule has 0 radical (unpaired) electrons. The van der Waals surface area contributed by atoms with Gasteiger partial charge in [-0.2, -0.15) is 0 Å². The van der Waals surface area contributed by atoms with Crippen LogP contribution in [-0.4, -0.2) is 49.1 Å². The molecule has 1 aliphatic rings. The van der Waals surface area contributed by atoms with Crippen molar-refractivity contribution in [1.82, 2.24) is 5.32 Å². The predicted octanol–water partition coefficient (Wildman–Crippen LogP) is 0.638. The molecule has 1 saturated heterocycles. The summed E-state index contributed by atoms with van der Waals surface area (Å²) < 4.78 is 27.3. The summed E-state index contributed by atoms with van der Waals surface area (Å²) in [6.07, 6.45) is 0. The van der Waals surface area contributed by atoms with Crippen LogP contribution in [0.5, 0.6) is 11.5 Å². The van der Waals surface area contributed by atoms with Crippen molar-refractivity contribution in [3.05, 3.63) is 23.8 Å². The third-order valence-corrected chi connectivity index (χ3v) is 4.82. The van der Waals surface area contributed by atoms with Crippen LogP contribution in [0.25, 0.3) is 0 Å². The van der Waals surface area contributed by atoms with Crippen molar-refractivity contribution in [2.45, 2.75) is 12.1 Å². The standard InChI is InChI=1S/C14H19NO5S/c1-18-9-4-5-13(19-2)10(6-9)11-7-21(17)8-12(15-11)14(16)20-3/h4-6,11-12,15H,7-8H2,1-3H3. The van der Waals surface area contributed by atoms with Gasteiger partial charge in [0.2, 0.25) is 0 Å². The lowest BCUT2D eigenvalue weighted by molar-refractivity contribution is -0.142. The number of esters is 1. The molecule has 21 heavy (non-hydrogen) atoms. The number of carbonyl (C=O) groups is 1. The number of benzene rings is 1. The van der Waals surface area contributed by atoms with Crippen LogP contribution in [0.15, 0.2) is 18.2 Å². The zero-order valence-corrected chi connectivity index (χ0v) is 13.1. The van der Waals surface area contributed by atoms with Gasteiger partial charge in [-0.3, -0.25) is 14.3 Å². The molecule has 3 unspecified atom stereocenters. The largest absolute Gasteiger partial charge is 0.497 e. The number of rotatable bonds is 4. The van der Waals surface area contributed by atoms with Crippen molar-refractivity contribution in [3.8, 4) is 11.5 Å². The van der Waals surface area contributed by atoms with Crippen molar-refractivity contribution >= 4 is 16.8 Å². The monoisotopic (exact) mass is 313 g/mol. The van der Waals surface area contributed by atoms with E-state index in [2.05, 4.69) is 5.32 Å². The van der Waals surface area contributed by atoms with Gasteiger partial charge in [-0.1, -0.05) is 0 Å². The Morgan fingerprint density at radius 3 is 2.62 bits per heavy atom. The van der Waals surface area contributed by atoms with Gasteiger partial charge < -0.3 is 14.2 Å². The van der Waals surface area contributed by atoms with E-state index in [4.69, 9.17) is 14.2 Å². The Morgan fingerprint density at radius 1 is 1.24 bits per heavy atom. The molecular weight excluding hydrogens is 294 g/mol. The van der Waals surface area contributed by atoms with Crippen LogP contribution in [0.2, 0.25) is 0 Å². The fourth-order valence-corrected chi connectivity index (χ4v) is 3.74. The second kappa shape index (κ2) is 6.91. The Kier molecular flexibility index (Phi) is 5.19. The lowest BCUT2D eigenvalue weighted by Gasteiger charge is -2.30. The van der Waals surface area contributed by atoms with Gasteiger partial charge in [0.15, 0.2) is 0 Å². The summed E-state index contributed by atoms with van der Waals surface area (Å²) in [6, 6.07) is 4.58. The number of hydrogen-bond donors (Lipinski definition) is 1. The van der Waals surface area contributed by atoms with Crippen LogP contribution in [0.1, 0.15) is 11.6 Å². The topological polar surface area (TPSA) is 73.9 Å². The van der Waals surface area contributed by atoms with Crippen LogP contribution in [0.3, 0.4) is 0 Å². The van der Waals surface area contributed by atoms with E-state index < -0.39 is 22.8 Å². The molecule has 1 heterocycles. The molecule has 1 aromatic carbocycles. The second-order valence-electron chi connectivity index (χ2n) is 4.68. The van der Waals surface area contributed by atoms with Gasteiger partial charge in [0.1, 0.15) is 17.5 Å². The normalized spacial score (nSPS) is 25.2. The van der Waals surface area contributed by atoms with Gasteiger partial charge in [-0.05, 0) is 18.2 Å². The molecule has 0 aliphatic carbocycles. The third-order valence-electron chi connectivity index (χ3n) is 3.41. The van der Waals surface area contributed by atoms with Crippen molar-refractivity contribution < 1.29 is 23.2 Å². The first kappa shape index (κ1) is 15.8. The smallest absolute Gasteiger partial charge is 0.323 e. The number of carbonyl (C=O) groups excluding carboxylic acids is 1. The molecule has 0 bridgehead atoms. The first-order valence-electron chi connectivity index (χ1n) is 6.49. The van der Waals surface area contributed by atoms with Gasteiger partial charge in [0, 0.05) is 33.9 Å². The van der Waals surface area contributed by atoms with Gasteiger partial charge in [-0.15, -0.1) is 0 Å². The highest BCUT2D eigenvalue weighted by atomic mass is 32.2. The molecule has 0 spiro atoms. The SMILES string of the molecule is COC(=O)C1CS(=O)CC(c2cc(OC)ccc2OC)N1. The first-order valence-corrected chi connectivity index (χ1v) is 7.98. The van der Waals surface area contributed by atoms with Crippen molar-refractivity contribution in [2.24, 2.45) is 0 Å². The van der Waals surface area contributed by atoms with Crippen molar-refractivity contribution in [1.29, 1.82) is 0 Å². The number of methoxy groups -OCH3 is 3. The molecule has 1 aromatic rings. The zero-order chi connectivity index (χ0) is 15.4. The maximum Gasteiger partial charge on any atom is 0.323 e. The Hall–Kier alpha value is -1.60. The van der Waals surface area contributed by atoms with Crippen LogP contribution in [0.4, 0.5) is 0 Å². The molecule has 0 amide bonds. The molecule has 7 heteroatoms. The van der Waals surface area contributed by atoms with Gasteiger partial charge >= 0.3 is 5.97 Å². The Balaban J connectivity index is 2.31. The van der Waals surface area contributed by atoms with Gasteiger partial charge in [-0.25, -0.2) is 0 Å². The maximum atomic E-state index is 12.0. The summed E-state index contributed by atoms with van der Waals surface area (Å²) in [5.41, 5.74) is 0.818. The average molecular weight is 313 g/mol. The lowest BCUT2D eigenvalue weighted by Crippen LogP contribution is -2.49. The second-order valence-corrected chi connectivity index (χ2v) is 6.22. The molecule has 2 rings (SSSR count). The average Bonchev–Trinajstić information content (AvgIpc) is 2.52. The summed E-state index contributed by atoms with van der Waals surface area (Å²) in [6.45, 7) is 0. The van der Waals surface area contributed by atoms with E-state index in [0.29, 0.717) is 17.3 Å². The van der Waals surface area contributed by atoms with E-state index in [1.54, 1.807) is 26.4 Å². The molecule has 116 valence electrons. The molecule has 6 nitrogen and oxygen atoms in total. The van der Waals surface area contributed by atoms with E-state index in [-0.39, 0.29) is 11.8 Å². The molecular formula is C14H19NO5S. The van der Waals surface area contributed by atoms with Crippen molar-refractivity contribution in [3.63, 3.8) is 0 Å². The van der Waals surface area contributed by atoms with Gasteiger partial charge in [0.25, 0.3) is 0 Å². The Bertz CT molecular complexity index is 548. The minimum atomic E-state index is -1.10. The highest BCUT2D eigenvalue weighted by Gasteiger charge is 2.33. The zero-order valence-electron chi connectivity index (χ0n) is 12.3. The fourth-order valence-electron chi connectivity index (χ4n) is 2.35. The van der Waals surface area contributed by atoms with E-state index in [1.807, 2.05) is 6.07 Å². The molecule has 0 aromatic heterocycles. The molecule has 1 N–H and O–H groups in total. The van der Waals surface area contributed by atoms with Crippen LogP contribution in [-0.2, 0) is 20.3 Å². The Labute approximate surface area is 126 Å². The number of nitrogens with one attached hydrogen (secondary N) is 1. The summed E-state index contributed by atoms with van der Waals surface area (Å²) in [4.78, 5) is 11.7. The molecule has 1 aliphatic heterocycles. The minimum absolute atomic E-state index is 0.256. The summed E-state index contributed by atoms with van der Waals surface area (Å²) >= 11 is 0. The van der Waals surface area contributed by atoms with E-state index in [0.717, 1.165) is 5.56 Å². The number of ether oxygens (including phenoxy) is 3. The summed E-state index contributed by atoms with van der Waals surface area (Å²) in [7, 11) is 3.37. The fraction of sp³-hybridized carbons (Fsp3) is 0.500. The van der Waals surface area contributed by atoms with Gasteiger partial charge in [0.05, 0.1) is 21.3 Å². The minimum Gasteiger partial charge on any atom is -0.497 e. The first-order chi connectivity index (χ1) is 10.1. The van der Waals surface area contributed by atoms with Crippen LogP contribution in [0, 0.1) is 0 Å². The molecule has 3 atom stereocenters. The maximum absolute atomic E-state index is 12.0. The highest BCUT2D eigenvalue weighted by Crippen LogP contribution is 2.31. The van der Waals surface area contributed by atoms with E-state index in [1.165, 1.54) is 7.11 Å². The number of hydrogen-bond acceptors (Lipinski definition) is 6. The van der Waals surface area contributed by atoms with E-state index >= 15 is 0 Å². The molecule has 0 saturated carbocycles. The van der Waals surface area contributed by atoms with Crippen molar-refractivity contribution in [2.75, 3.05) is 32.8 Å². The lowest BCUT2D eigenvalue weighted by atomic mass is 10.1. The quantitative estimate of drug-likeness (QED) is 0.822. The molecule has 1 fully saturated rings. The third kappa shape index (κ3) is 3.54. The summed E-state index contributed by atoms with van der Waals surface area (Å²) in [5.74, 6) is 1.61. The summed E-state index contributed by atoms with van der Waals surface area (Å²) in [5, 5.41) is 3.17. The van der Waals surface area contributed by atoms with Crippen LogP contribution < -0.4 is 14.8 Å².